The van der Waals surface area contributed by atoms with Crippen molar-refractivity contribution < 1.29 is 4.39 Å². The summed E-state index contributed by atoms with van der Waals surface area (Å²) >= 11 is 0. The maximum absolute atomic E-state index is 13.1. The largest absolute Gasteiger partial charge is 0.207 e. The number of halogens is 1. The molecular formula is C15H10FN. The van der Waals surface area contributed by atoms with Crippen molar-refractivity contribution in [1.29, 1.82) is 5.26 Å². The lowest BCUT2D eigenvalue weighted by Crippen LogP contribution is -1.83. The highest BCUT2D eigenvalue weighted by Crippen LogP contribution is 2.18. The Bertz CT molecular complexity index is 579. The van der Waals surface area contributed by atoms with Crippen molar-refractivity contribution in [3.8, 4) is 6.07 Å². The molecule has 0 unspecified atom stereocenters. The molecule has 2 heteroatoms. The summed E-state index contributed by atoms with van der Waals surface area (Å²) in [6, 6.07) is 17.6. The monoisotopic (exact) mass is 223 g/mol. The second-order valence-electron chi connectivity index (χ2n) is 3.59. The van der Waals surface area contributed by atoms with Gasteiger partial charge in [0.25, 0.3) is 0 Å². The molecule has 0 radical (unpaired) electrons. The predicted molar refractivity (Wildman–Crippen MR) is 66.3 cm³/mol. The van der Waals surface area contributed by atoms with Crippen LogP contribution in [0.25, 0.3) is 11.6 Å². The quantitative estimate of drug-likeness (QED) is 0.559. The SMILES string of the molecule is N#CC(=Cc1ccccc1)c1cccc(F)c1. The van der Waals surface area contributed by atoms with Crippen LogP contribution in [0, 0.1) is 17.1 Å². The molecule has 17 heavy (non-hydrogen) atoms. The highest BCUT2D eigenvalue weighted by molar-refractivity contribution is 5.89. The van der Waals surface area contributed by atoms with Crippen LogP contribution in [0.4, 0.5) is 4.39 Å². The van der Waals surface area contributed by atoms with Gasteiger partial charge in [0, 0.05) is 0 Å². The van der Waals surface area contributed by atoms with E-state index in [4.69, 9.17) is 5.26 Å². The molecule has 0 aromatic heterocycles. The lowest BCUT2D eigenvalue weighted by atomic mass is 10.0. The van der Waals surface area contributed by atoms with Crippen molar-refractivity contribution in [2.45, 2.75) is 0 Å². The summed E-state index contributed by atoms with van der Waals surface area (Å²) < 4.78 is 13.1. The van der Waals surface area contributed by atoms with Crippen LogP contribution in [-0.2, 0) is 0 Å². The smallest absolute Gasteiger partial charge is 0.123 e. The van der Waals surface area contributed by atoms with E-state index in [0.29, 0.717) is 11.1 Å². The second kappa shape index (κ2) is 5.09. The number of nitriles is 1. The van der Waals surface area contributed by atoms with E-state index >= 15 is 0 Å². The summed E-state index contributed by atoms with van der Waals surface area (Å²) in [6.07, 6.45) is 1.74. The van der Waals surface area contributed by atoms with Crippen molar-refractivity contribution in [2.75, 3.05) is 0 Å². The average Bonchev–Trinajstić information content (AvgIpc) is 2.37. The van der Waals surface area contributed by atoms with Gasteiger partial charge in [0.2, 0.25) is 0 Å². The Balaban J connectivity index is 2.42. The Morgan fingerprint density at radius 1 is 1.06 bits per heavy atom. The highest BCUT2D eigenvalue weighted by atomic mass is 19.1. The summed E-state index contributed by atoms with van der Waals surface area (Å²) in [6.45, 7) is 0. The number of rotatable bonds is 2. The van der Waals surface area contributed by atoms with Crippen LogP contribution >= 0.6 is 0 Å². The van der Waals surface area contributed by atoms with Crippen LogP contribution in [0.5, 0.6) is 0 Å². The molecule has 0 fully saturated rings. The van der Waals surface area contributed by atoms with E-state index < -0.39 is 0 Å². The zero-order chi connectivity index (χ0) is 12.1. The van der Waals surface area contributed by atoms with E-state index in [-0.39, 0.29) is 5.82 Å². The molecule has 2 rings (SSSR count). The van der Waals surface area contributed by atoms with Crippen LogP contribution < -0.4 is 0 Å². The minimum atomic E-state index is -0.336. The Labute approximate surface area is 99.5 Å². The van der Waals surface area contributed by atoms with Crippen molar-refractivity contribution >= 4 is 11.6 Å². The standard InChI is InChI=1S/C15H10FN/c16-15-8-4-7-13(10-15)14(11-17)9-12-5-2-1-3-6-12/h1-10H. The normalized spacial score (nSPS) is 10.9. The van der Waals surface area contributed by atoms with E-state index in [2.05, 4.69) is 6.07 Å². The molecule has 0 N–H and O–H groups in total. The molecule has 2 aromatic carbocycles. The van der Waals surface area contributed by atoms with E-state index in [1.165, 1.54) is 12.1 Å². The van der Waals surface area contributed by atoms with E-state index in [0.717, 1.165) is 5.56 Å². The fourth-order valence-electron chi connectivity index (χ4n) is 1.55. The molecule has 0 bridgehead atoms. The molecular weight excluding hydrogens is 213 g/mol. The topological polar surface area (TPSA) is 23.8 Å². The van der Waals surface area contributed by atoms with Crippen LogP contribution in [-0.4, -0.2) is 0 Å². The van der Waals surface area contributed by atoms with E-state index in [9.17, 15) is 4.39 Å². The third kappa shape index (κ3) is 2.79. The number of hydrogen-bond acceptors (Lipinski definition) is 1. The lowest BCUT2D eigenvalue weighted by molar-refractivity contribution is 0.627. The average molecular weight is 223 g/mol. The van der Waals surface area contributed by atoms with Crippen molar-refractivity contribution in [2.24, 2.45) is 0 Å². The van der Waals surface area contributed by atoms with Crippen LogP contribution in [0.3, 0.4) is 0 Å². The number of allylic oxidation sites excluding steroid dienone is 1. The van der Waals surface area contributed by atoms with Gasteiger partial charge in [0.15, 0.2) is 0 Å². The maximum Gasteiger partial charge on any atom is 0.123 e. The summed E-state index contributed by atoms with van der Waals surface area (Å²) in [7, 11) is 0. The van der Waals surface area contributed by atoms with Gasteiger partial charge in [-0.1, -0.05) is 42.5 Å². The molecule has 0 heterocycles. The number of nitrogens with zero attached hydrogens (tertiary/aromatic N) is 1. The second-order valence-corrected chi connectivity index (χ2v) is 3.59. The highest BCUT2D eigenvalue weighted by Gasteiger charge is 2.01. The van der Waals surface area contributed by atoms with Gasteiger partial charge in [-0.3, -0.25) is 0 Å². The first kappa shape index (κ1) is 11.1. The van der Waals surface area contributed by atoms with Gasteiger partial charge in [0.05, 0.1) is 11.6 Å². The van der Waals surface area contributed by atoms with E-state index in [1.807, 2.05) is 30.3 Å². The predicted octanol–water partition coefficient (Wildman–Crippen LogP) is 3.89. The van der Waals surface area contributed by atoms with Crippen LogP contribution in [0.1, 0.15) is 11.1 Å². The molecule has 0 saturated heterocycles. The van der Waals surface area contributed by atoms with Gasteiger partial charge < -0.3 is 0 Å². The first-order valence-corrected chi connectivity index (χ1v) is 5.22. The molecule has 0 aliphatic rings. The first-order valence-electron chi connectivity index (χ1n) is 5.22. The summed E-state index contributed by atoms with van der Waals surface area (Å²) in [4.78, 5) is 0. The Morgan fingerprint density at radius 3 is 2.47 bits per heavy atom. The van der Waals surface area contributed by atoms with Gasteiger partial charge >= 0.3 is 0 Å². The molecule has 0 aliphatic heterocycles. The Morgan fingerprint density at radius 2 is 1.82 bits per heavy atom. The third-order valence-electron chi connectivity index (χ3n) is 2.37. The van der Waals surface area contributed by atoms with Gasteiger partial charge in [-0.25, -0.2) is 4.39 Å². The van der Waals surface area contributed by atoms with Gasteiger partial charge in [0.1, 0.15) is 5.82 Å². The summed E-state index contributed by atoms with van der Waals surface area (Å²) in [5.74, 6) is -0.336. The van der Waals surface area contributed by atoms with Crippen molar-refractivity contribution in [3.63, 3.8) is 0 Å². The zero-order valence-corrected chi connectivity index (χ0v) is 9.10. The van der Waals surface area contributed by atoms with Crippen LogP contribution in [0.2, 0.25) is 0 Å². The molecule has 82 valence electrons. The lowest BCUT2D eigenvalue weighted by Gasteiger charge is -1.99. The van der Waals surface area contributed by atoms with Crippen molar-refractivity contribution in [3.05, 3.63) is 71.5 Å². The Hall–Kier alpha value is -2.40. The number of hydrogen-bond donors (Lipinski definition) is 0. The van der Waals surface area contributed by atoms with E-state index in [1.54, 1.807) is 18.2 Å². The zero-order valence-electron chi connectivity index (χ0n) is 9.10. The van der Waals surface area contributed by atoms with Crippen LogP contribution in [0.15, 0.2) is 54.6 Å². The molecule has 1 nitrogen and oxygen atoms in total. The molecule has 0 saturated carbocycles. The van der Waals surface area contributed by atoms with Gasteiger partial charge in [-0.15, -0.1) is 0 Å². The molecule has 0 spiro atoms. The summed E-state index contributed by atoms with van der Waals surface area (Å²) in [5.41, 5.74) is 1.97. The maximum atomic E-state index is 13.1. The van der Waals surface area contributed by atoms with Gasteiger partial charge in [-0.2, -0.15) is 5.26 Å². The fourth-order valence-corrected chi connectivity index (χ4v) is 1.55. The molecule has 0 atom stereocenters. The Kier molecular flexibility index (Phi) is 3.32. The minimum absolute atomic E-state index is 0.336. The molecule has 2 aromatic rings. The molecule has 0 aliphatic carbocycles. The molecule has 0 amide bonds. The summed E-state index contributed by atoms with van der Waals surface area (Å²) in [5, 5.41) is 9.09. The van der Waals surface area contributed by atoms with Crippen molar-refractivity contribution in [1.82, 2.24) is 0 Å². The van der Waals surface area contributed by atoms with Gasteiger partial charge in [-0.05, 0) is 29.3 Å². The number of benzene rings is 2. The fraction of sp³-hybridized carbons (Fsp3) is 0. The third-order valence-corrected chi connectivity index (χ3v) is 2.37. The first-order chi connectivity index (χ1) is 8.29. The minimum Gasteiger partial charge on any atom is -0.207 e.